The third-order valence-electron chi connectivity index (χ3n) is 4.12. The van der Waals surface area contributed by atoms with Crippen molar-refractivity contribution in [3.05, 3.63) is 0 Å². The highest BCUT2D eigenvalue weighted by Crippen LogP contribution is 2.24. The van der Waals surface area contributed by atoms with Crippen molar-refractivity contribution < 1.29 is 0 Å². The standard InChI is InChI=1S/C16H34N2S/c1-14(2)13-17-9-7-5-6-8-10-18-11-12-19-16(4)15(18)3/h14-17H,5-13H2,1-4H3. The van der Waals surface area contributed by atoms with Crippen LogP contribution in [0.5, 0.6) is 0 Å². The summed E-state index contributed by atoms with van der Waals surface area (Å²) in [6, 6.07) is 0.770. The predicted octanol–water partition coefficient (Wildman–Crippen LogP) is 3.62. The monoisotopic (exact) mass is 286 g/mol. The molecular formula is C16H34N2S. The van der Waals surface area contributed by atoms with Gasteiger partial charge in [0.25, 0.3) is 0 Å². The third kappa shape index (κ3) is 7.57. The largest absolute Gasteiger partial charge is 0.316 e. The molecule has 0 aliphatic carbocycles. The second-order valence-corrected chi connectivity index (χ2v) is 7.85. The predicted molar refractivity (Wildman–Crippen MR) is 89.1 cm³/mol. The maximum absolute atomic E-state index is 3.52. The summed E-state index contributed by atoms with van der Waals surface area (Å²) in [5.74, 6) is 2.10. The van der Waals surface area contributed by atoms with Crippen LogP contribution in [0.4, 0.5) is 0 Å². The number of nitrogens with one attached hydrogen (secondary N) is 1. The Hall–Kier alpha value is 0.270. The van der Waals surface area contributed by atoms with E-state index in [-0.39, 0.29) is 0 Å². The van der Waals surface area contributed by atoms with Crippen LogP contribution in [-0.4, -0.2) is 48.1 Å². The van der Waals surface area contributed by atoms with Gasteiger partial charge in [0, 0.05) is 23.6 Å². The van der Waals surface area contributed by atoms with Gasteiger partial charge in [-0.05, 0) is 45.3 Å². The molecule has 1 N–H and O–H groups in total. The van der Waals surface area contributed by atoms with Crippen LogP contribution in [0.3, 0.4) is 0 Å². The summed E-state index contributed by atoms with van der Waals surface area (Å²) in [7, 11) is 0. The Morgan fingerprint density at radius 1 is 1.16 bits per heavy atom. The Morgan fingerprint density at radius 3 is 2.63 bits per heavy atom. The zero-order valence-corrected chi connectivity index (χ0v) is 14.3. The third-order valence-corrected chi connectivity index (χ3v) is 5.45. The van der Waals surface area contributed by atoms with Crippen molar-refractivity contribution in [2.24, 2.45) is 5.92 Å². The molecule has 1 saturated heterocycles. The highest BCUT2D eigenvalue weighted by Gasteiger charge is 2.24. The van der Waals surface area contributed by atoms with Gasteiger partial charge in [-0.25, -0.2) is 0 Å². The highest BCUT2D eigenvalue weighted by atomic mass is 32.2. The fourth-order valence-electron chi connectivity index (χ4n) is 2.62. The minimum atomic E-state index is 0.770. The second kappa shape index (κ2) is 10.1. The first-order chi connectivity index (χ1) is 9.11. The van der Waals surface area contributed by atoms with E-state index in [1.807, 2.05) is 0 Å². The van der Waals surface area contributed by atoms with Gasteiger partial charge in [0.2, 0.25) is 0 Å². The molecule has 1 rings (SSSR count). The highest BCUT2D eigenvalue weighted by molar-refractivity contribution is 8.00. The van der Waals surface area contributed by atoms with Crippen LogP contribution in [0.2, 0.25) is 0 Å². The van der Waals surface area contributed by atoms with Gasteiger partial charge in [-0.15, -0.1) is 0 Å². The summed E-state index contributed by atoms with van der Waals surface area (Å²) in [6.07, 6.45) is 5.51. The molecular weight excluding hydrogens is 252 g/mol. The Morgan fingerprint density at radius 2 is 1.89 bits per heavy atom. The van der Waals surface area contributed by atoms with Crippen LogP contribution in [0.1, 0.15) is 53.4 Å². The van der Waals surface area contributed by atoms with Gasteiger partial charge in [0.05, 0.1) is 0 Å². The van der Waals surface area contributed by atoms with Gasteiger partial charge in [0.1, 0.15) is 0 Å². The summed E-state index contributed by atoms with van der Waals surface area (Å²) < 4.78 is 0. The molecule has 1 fully saturated rings. The molecule has 3 heteroatoms. The van der Waals surface area contributed by atoms with Crippen molar-refractivity contribution in [3.8, 4) is 0 Å². The molecule has 0 aromatic heterocycles. The topological polar surface area (TPSA) is 15.3 Å². The molecule has 0 aromatic carbocycles. The van der Waals surface area contributed by atoms with Gasteiger partial charge in [-0.2, -0.15) is 11.8 Å². The molecule has 0 saturated carbocycles. The number of unbranched alkanes of at least 4 members (excludes halogenated alkanes) is 3. The number of nitrogens with zero attached hydrogens (tertiary/aromatic N) is 1. The van der Waals surface area contributed by atoms with E-state index in [9.17, 15) is 0 Å². The number of rotatable bonds is 9. The first-order valence-corrected chi connectivity index (χ1v) is 9.22. The lowest BCUT2D eigenvalue weighted by Crippen LogP contribution is -2.44. The van der Waals surface area contributed by atoms with E-state index in [2.05, 4.69) is 49.7 Å². The number of thioether (sulfide) groups is 1. The second-order valence-electron chi connectivity index (χ2n) is 6.36. The maximum atomic E-state index is 3.52. The molecule has 2 nitrogen and oxygen atoms in total. The van der Waals surface area contributed by atoms with E-state index in [1.54, 1.807) is 0 Å². The Balaban J connectivity index is 1.93. The zero-order chi connectivity index (χ0) is 14.1. The van der Waals surface area contributed by atoms with E-state index in [4.69, 9.17) is 0 Å². The van der Waals surface area contributed by atoms with E-state index >= 15 is 0 Å². The smallest absolute Gasteiger partial charge is 0.0184 e. The average molecular weight is 287 g/mol. The Labute approximate surface area is 125 Å². The molecule has 0 amide bonds. The molecule has 19 heavy (non-hydrogen) atoms. The number of hydrogen-bond donors (Lipinski definition) is 1. The Kier molecular flexibility index (Phi) is 9.17. The van der Waals surface area contributed by atoms with Crippen LogP contribution in [0.25, 0.3) is 0 Å². The van der Waals surface area contributed by atoms with Crippen LogP contribution in [-0.2, 0) is 0 Å². The molecule has 0 radical (unpaired) electrons. The molecule has 0 bridgehead atoms. The SMILES string of the molecule is CC(C)CNCCCCCCN1CCSC(C)C1C. The van der Waals surface area contributed by atoms with Gasteiger partial charge >= 0.3 is 0 Å². The fourth-order valence-corrected chi connectivity index (χ4v) is 3.78. The summed E-state index contributed by atoms with van der Waals surface area (Å²) in [5.41, 5.74) is 0. The summed E-state index contributed by atoms with van der Waals surface area (Å²) >= 11 is 2.14. The van der Waals surface area contributed by atoms with Crippen molar-refractivity contribution in [2.45, 2.75) is 64.7 Å². The van der Waals surface area contributed by atoms with Crippen molar-refractivity contribution >= 4 is 11.8 Å². The number of hydrogen-bond acceptors (Lipinski definition) is 3. The van der Waals surface area contributed by atoms with Crippen LogP contribution in [0.15, 0.2) is 0 Å². The molecule has 1 heterocycles. The zero-order valence-electron chi connectivity index (χ0n) is 13.5. The van der Waals surface area contributed by atoms with Gasteiger partial charge < -0.3 is 5.32 Å². The molecule has 0 spiro atoms. The van der Waals surface area contributed by atoms with Crippen LogP contribution < -0.4 is 5.32 Å². The van der Waals surface area contributed by atoms with Crippen molar-refractivity contribution in [1.29, 1.82) is 0 Å². The van der Waals surface area contributed by atoms with Gasteiger partial charge in [-0.1, -0.05) is 33.6 Å². The quantitative estimate of drug-likeness (QED) is 0.652. The van der Waals surface area contributed by atoms with Crippen molar-refractivity contribution in [2.75, 3.05) is 31.9 Å². The van der Waals surface area contributed by atoms with E-state index < -0.39 is 0 Å². The fraction of sp³-hybridized carbons (Fsp3) is 1.00. The lowest BCUT2D eigenvalue weighted by molar-refractivity contribution is 0.208. The Bertz CT molecular complexity index is 221. The van der Waals surface area contributed by atoms with Crippen molar-refractivity contribution in [3.63, 3.8) is 0 Å². The molecule has 114 valence electrons. The van der Waals surface area contributed by atoms with Gasteiger partial charge in [-0.3, -0.25) is 4.90 Å². The summed E-state index contributed by atoms with van der Waals surface area (Å²) in [5, 5.41) is 4.34. The first-order valence-electron chi connectivity index (χ1n) is 8.17. The normalized spacial score (nSPS) is 25.1. The average Bonchev–Trinajstić information content (AvgIpc) is 2.37. The first kappa shape index (κ1) is 17.3. The molecule has 0 aromatic rings. The van der Waals surface area contributed by atoms with E-state index in [1.165, 1.54) is 57.6 Å². The lowest BCUT2D eigenvalue weighted by atomic mass is 10.1. The minimum absolute atomic E-state index is 0.770. The summed E-state index contributed by atoms with van der Waals surface area (Å²) in [6.45, 7) is 14.3. The maximum Gasteiger partial charge on any atom is 0.0184 e. The van der Waals surface area contributed by atoms with Crippen molar-refractivity contribution in [1.82, 2.24) is 10.2 Å². The van der Waals surface area contributed by atoms with E-state index in [0.717, 1.165) is 17.2 Å². The minimum Gasteiger partial charge on any atom is -0.316 e. The van der Waals surface area contributed by atoms with Crippen LogP contribution in [0, 0.1) is 5.92 Å². The molecule has 1 aliphatic heterocycles. The van der Waals surface area contributed by atoms with Crippen LogP contribution >= 0.6 is 11.8 Å². The van der Waals surface area contributed by atoms with Gasteiger partial charge in [0.15, 0.2) is 0 Å². The van der Waals surface area contributed by atoms with E-state index in [0.29, 0.717) is 0 Å². The molecule has 2 unspecified atom stereocenters. The summed E-state index contributed by atoms with van der Waals surface area (Å²) in [4.78, 5) is 2.69. The molecule has 1 aliphatic rings. The molecule has 2 atom stereocenters. The lowest BCUT2D eigenvalue weighted by Gasteiger charge is -2.37.